The molecule has 0 aromatic carbocycles. The molecule has 2 N–H and O–H groups in total. The van der Waals surface area contributed by atoms with E-state index in [0.29, 0.717) is 5.56 Å². The quantitative estimate of drug-likeness (QED) is 0.779. The number of hydrogen-bond acceptors (Lipinski definition) is 5. The first-order chi connectivity index (χ1) is 10.2. The number of nitrogens with zero attached hydrogens (tertiary/aromatic N) is 1. The van der Waals surface area contributed by atoms with Crippen molar-refractivity contribution in [1.29, 1.82) is 0 Å². The normalized spacial score (nSPS) is 12.2. The molecular formula is C15H21N3O4. The van der Waals surface area contributed by atoms with E-state index in [0.717, 1.165) is 0 Å². The molecule has 22 heavy (non-hydrogen) atoms. The van der Waals surface area contributed by atoms with Crippen LogP contribution in [-0.2, 0) is 14.3 Å². The molecule has 0 aliphatic heterocycles. The van der Waals surface area contributed by atoms with Crippen LogP contribution in [0.1, 0.15) is 38.1 Å². The summed E-state index contributed by atoms with van der Waals surface area (Å²) in [6, 6.07) is 2.42. The van der Waals surface area contributed by atoms with Crippen LogP contribution in [-0.4, -0.2) is 41.0 Å². The van der Waals surface area contributed by atoms with Gasteiger partial charge in [0.1, 0.15) is 11.6 Å². The summed E-state index contributed by atoms with van der Waals surface area (Å²) >= 11 is 0. The Balaban J connectivity index is 2.40. The van der Waals surface area contributed by atoms with Crippen LogP contribution in [0.15, 0.2) is 24.5 Å². The van der Waals surface area contributed by atoms with Crippen LogP contribution in [0.3, 0.4) is 0 Å². The van der Waals surface area contributed by atoms with Gasteiger partial charge in [-0.05, 0) is 39.8 Å². The highest BCUT2D eigenvalue weighted by molar-refractivity contribution is 5.96. The van der Waals surface area contributed by atoms with Gasteiger partial charge in [-0.3, -0.25) is 14.6 Å². The number of carbonyl (C=O) groups excluding carboxylic acids is 3. The van der Waals surface area contributed by atoms with E-state index in [1.165, 1.54) is 13.1 Å². The minimum atomic E-state index is -0.790. The molecule has 120 valence electrons. The highest BCUT2D eigenvalue weighted by atomic mass is 16.6. The van der Waals surface area contributed by atoms with Gasteiger partial charge in [-0.15, -0.1) is 0 Å². The van der Waals surface area contributed by atoms with Crippen molar-refractivity contribution < 1.29 is 19.1 Å². The fourth-order valence-corrected chi connectivity index (χ4v) is 1.50. The third-order valence-electron chi connectivity index (χ3n) is 2.47. The van der Waals surface area contributed by atoms with Crippen molar-refractivity contribution in [3.8, 4) is 0 Å². The Hall–Kier alpha value is -2.44. The molecule has 0 aliphatic rings. The van der Waals surface area contributed by atoms with E-state index in [2.05, 4.69) is 15.6 Å². The zero-order chi connectivity index (χ0) is 16.8. The maximum Gasteiger partial charge on any atom is 0.328 e. The summed E-state index contributed by atoms with van der Waals surface area (Å²) in [4.78, 5) is 39.0. The van der Waals surface area contributed by atoms with Gasteiger partial charge in [-0.25, -0.2) is 4.79 Å². The van der Waals surface area contributed by atoms with Gasteiger partial charge in [0.05, 0.1) is 12.1 Å². The van der Waals surface area contributed by atoms with Gasteiger partial charge in [0, 0.05) is 12.4 Å². The number of ether oxygens (including phenoxy) is 1. The van der Waals surface area contributed by atoms with Crippen LogP contribution in [0.25, 0.3) is 0 Å². The van der Waals surface area contributed by atoms with Crippen molar-refractivity contribution in [1.82, 2.24) is 15.6 Å². The average molecular weight is 307 g/mol. The van der Waals surface area contributed by atoms with Gasteiger partial charge in [-0.2, -0.15) is 0 Å². The summed E-state index contributed by atoms with van der Waals surface area (Å²) in [5, 5.41) is 4.91. The van der Waals surface area contributed by atoms with Crippen molar-refractivity contribution in [2.75, 3.05) is 6.54 Å². The largest absolute Gasteiger partial charge is 0.458 e. The van der Waals surface area contributed by atoms with Crippen LogP contribution < -0.4 is 10.6 Å². The third kappa shape index (κ3) is 6.34. The molecule has 0 radical (unpaired) electrons. The van der Waals surface area contributed by atoms with Crippen molar-refractivity contribution >= 4 is 17.8 Å². The molecule has 2 amide bonds. The molecule has 0 spiro atoms. The lowest BCUT2D eigenvalue weighted by molar-refractivity contribution is -0.158. The molecule has 0 aliphatic carbocycles. The van der Waals surface area contributed by atoms with E-state index in [1.54, 1.807) is 39.1 Å². The standard InChI is InChI=1S/C15H21N3O4/c1-10(14(21)22-15(2,3)4)18-12(19)9-17-13(20)11-6-5-7-16-8-11/h5-8,10H,9H2,1-4H3,(H,17,20)(H,18,19). The highest BCUT2D eigenvalue weighted by Gasteiger charge is 2.23. The maximum absolute atomic E-state index is 11.7. The Bertz CT molecular complexity index is 537. The maximum atomic E-state index is 11.7. The zero-order valence-corrected chi connectivity index (χ0v) is 13.2. The molecule has 7 heteroatoms. The number of hydrogen-bond donors (Lipinski definition) is 2. The minimum absolute atomic E-state index is 0.235. The van der Waals surface area contributed by atoms with Crippen LogP contribution in [0.5, 0.6) is 0 Å². The summed E-state index contributed by atoms with van der Waals surface area (Å²) in [5.41, 5.74) is -0.264. The van der Waals surface area contributed by atoms with Crippen molar-refractivity contribution in [2.24, 2.45) is 0 Å². The predicted octanol–water partition coefficient (Wildman–Crippen LogP) is 0.658. The highest BCUT2D eigenvalue weighted by Crippen LogP contribution is 2.08. The monoisotopic (exact) mass is 307 g/mol. The van der Waals surface area contributed by atoms with Gasteiger partial charge in [0.15, 0.2) is 0 Å². The number of rotatable bonds is 5. The number of esters is 1. The molecule has 0 saturated heterocycles. The Morgan fingerprint density at radius 2 is 2.00 bits per heavy atom. The molecule has 7 nitrogen and oxygen atoms in total. The number of amides is 2. The first kappa shape index (κ1) is 17.6. The molecule has 1 aromatic rings. The molecule has 0 fully saturated rings. The summed E-state index contributed by atoms with van der Waals surface area (Å²) in [5.74, 6) is -1.41. The van der Waals surface area contributed by atoms with E-state index in [-0.39, 0.29) is 6.54 Å². The molecule has 1 unspecified atom stereocenters. The first-order valence-corrected chi connectivity index (χ1v) is 6.89. The summed E-state index contributed by atoms with van der Waals surface area (Å²) in [6.45, 7) is 6.52. The number of nitrogens with one attached hydrogen (secondary N) is 2. The molecule has 1 heterocycles. The number of aromatic nitrogens is 1. The summed E-state index contributed by atoms with van der Waals surface area (Å²) in [7, 11) is 0. The van der Waals surface area contributed by atoms with E-state index < -0.39 is 29.4 Å². The lowest BCUT2D eigenvalue weighted by atomic mass is 10.2. The first-order valence-electron chi connectivity index (χ1n) is 6.89. The fourth-order valence-electron chi connectivity index (χ4n) is 1.50. The third-order valence-corrected chi connectivity index (χ3v) is 2.47. The second-order valence-electron chi connectivity index (χ2n) is 5.75. The van der Waals surface area contributed by atoms with Crippen LogP contribution in [0, 0.1) is 0 Å². The van der Waals surface area contributed by atoms with Gasteiger partial charge in [0.2, 0.25) is 5.91 Å². The van der Waals surface area contributed by atoms with Crippen LogP contribution in [0.2, 0.25) is 0 Å². The summed E-state index contributed by atoms with van der Waals surface area (Å²) in [6.07, 6.45) is 2.95. The molecule has 0 bridgehead atoms. The molecule has 1 aromatic heterocycles. The van der Waals surface area contributed by atoms with Crippen molar-refractivity contribution in [3.05, 3.63) is 30.1 Å². The Kier molecular flexibility index (Phi) is 6.03. The molecular weight excluding hydrogens is 286 g/mol. The van der Waals surface area contributed by atoms with Crippen molar-refractivity contribution in [2.45, 2.75) is 39.3 Å². The van der Waals surface area contributed by atoms with Gasteiger partial charge < -0.3 is 15.4 Å². The van der Waals surface area contributed by atoms with Crippen LogP contribution in [0.4, 0.5) is 0 Å². The lowest BCUT2D eigenvalue weighted by Crippen LogP contribution is -2.46. The van der Waals surface area contributed by atoms with Gasteiger partial charge >= 0.3 is 5.97 Å². The minimum Gasteiger partial charge on any atom is -0.458 e. The molecule has 0 saturated carbocycles. The van der Waals surface area contributed by atoms with Gasteiger partial charge in [0.25, 0.3) is 5.91 Å². The number of carbonyl (C=O) groups is 3. The van der Waals surface area contributed by atoms with Gasteiger partial charge in [-0.1, -0.05) is 0 Å². The zero-order valence-electron chi connectivity index (χ0n) is 13.2. The Morgan fingerprint density at radius 1 is 1.32 bits per heavy atom. The summed E-state index contributed by atoms with van der Waals surface area (Å²) < 4.78 is 5.15. The SMILES string of the molecule is CC(NC(=O)CNC(=O)c1cccnc1)C(=O)OC(C)(C)C. The lowest BCUT2D eigenvalue weighted by Gasteiger charge is -2.22. The van der Waals surface area contributed by atoms with E-state index >= 15 is 0 Å². The number of pyridine rings is 1. The van der Waals surface area contributed by atoms with E-state index in [9.17, 15) is 14.4 Å². The predicted molar refractivity (Wildman–Crippen MR) is 80.0 cm³/mol. The van der Waals surface area contributed by atoms with E-state index in [1.807, 2.05) is 0 Å². The fraction of sp³-hybridized carbons (Fsp3) is 0.467. The Morgan fingerprint density at radius 3 is 2.55 bits per heavy atom. The molecule has 1 atom stereocenters. The van der Waals surface area contributed by atoms with Crippen molar-refractivity contribution in [3.63, 3.8) is 0 Å². The van der Waals surface area contributed by atoms with E-state index in [4.69, 9.17) is 4.74 Å². The smallest absolute Gasteiger partial charge is 0.328 e. The Labute approximate surface area is 129 Å². The van der Waals surface area contributed by atoms with Crippen LogP contribution >= 0.6 is 0 Å². The topological polar surface area (TPSA) is 97.4 Å². The average Bonchev–Trinajstić information content (AvgIpc) is 2.43. The second-order valence-corrected chi connectivity index (χ2v) is 5.75. The molecule has 1 rings (SSSR count). The second kappa shape index (κ2) is 7.53.